The molecule has 6 nitrogen and oxygen atoms in total. The van der Waals surface area contributed by atoms with E-state index in [0.29, 0.717) is 30.1 Å². The fourth-order valence-corrected chi connectivity index (χ4v) is 1.85. The Kier molecular flexibility index (Phi) is 6.59. The summed E-state index contributed by atoms with van der Waals surface area (Å²) in [6.45, 7) is 3.93. The molecule has 0 aromatic heterocycles. The summed E-state index contributed by atoms with van der Waals surface area (Å²) in [7, 11) is 0. The van der Waals surface area contributed by atoms with Crippen molar-refractivity contribution in [2.45, 2.75) is 6.42 Å². The van der Waals surface area contributed by atoms with Crippen molar-refractivity contribution < 1.29 is 28.9 Å². The number of hydrogen-bond donors (Lipinski definition) is 1. The average molecular weight is 342 g/mol. The van der Waals surface area contributed by atoms with Gasteiger partial charge in [0.25, 0.3) is 0 Å². The minimum Gasteiger partial charge on any atom is -0.508 e. The first-order chi connectivity index (χ1) is 12.1. The van der Waals surface area contributed by atoms with E-state index in [4.69, 9.17) is 14.2 Å². The van der Waals surface area contributed by atoms with Crippen LogP contribution >= 0.6 is 0 Å². The first kappa shape index (κ1) is 18.1. The Morgan fingerprint density at radius 3 is 2.24 bits per heavy atom. The molecule has 2 rings (SSSR count). The molecule has 2 aromatic carbocycles. The number of rotatable bonds is 8. The molecule has 0 amide bonds. The number of phenolic OH excluding ortho intramolecular Hbond substituents is 1. The smallest absolute Gasteiger partial charge is 0.343 e. The zero-order valence-electron chi connectivity index (χ0n) is 13.5. The third kappa shape index (κ3) is 6.02. The van der Waals surface area contributed by atoms with Gasteiger partial charge in [0.05, 0.1) is 18.8 Å². The van der Waals surface area contributed by atoms with Crippen LogP contribution in [0.3, 0.4) is 0 Å². The summed E-state index contributed by atoms with van der Waals surface area (Å²) < 4.78 is 15.5. The van der Waals surface area contributed by atoms with E-state index in [9.17, 15) is 14.7 Å². The van der Waals surface area contributed by atoms with E-state index < -0.39 is 11.9 Å². The van der Waals surface area contributed by atoms with Crippen LogP contribution in [0.4, 0.5) is 0 Å². The standard InChI is InChI=1S/C19H18O6/c1-2-18(21)24-13-3-12-23-16-8-4-14(5-9-16)19(22)25-17-10-6-15(20)7-11-17/h2,4-11,20H,1,3,12-13H2. The lowest BCUT2D eigenvalue weighted by Gasteiger charge is -2.08. The molecule has 0 aliphatic rings. The molecule has 0 saturated carbocycles. The van der Waals surface area contributed by atoms with Crippen LogP contribution in [0.1, 0.15) is 16.8 Å². The summed E-state index contributed by atoms with van der Waals surface area (Å²) in [4.78, 5) is 22.9. The van der Waals surface area contributed by atoms with Gasteiger partial charge in [0.1, 0.15) is 17.2 Å². The molecule has 0 atom stereocenters. The fourth-order valence-electron chi connectivity index (χ4n) is 1.85. The molecule has 1 N–H and O–H groups in total. The van der Waals surface area contributed by atoms with Gasteiger partial charge in [-0.1, -0.05) is 6.58 Å². The van der Waals surface area contributed by atoms with Crippen molar-refractivity contribution >= 4 is 11.9 Å². The van der Waals surface area contributed by atoms with Gasteiger partial charge in [0.15, 0.2) is 0 Å². The Hall–Kier alpha value is -3.28. The quantitative estimate of drug-likeness (QED) is 0.343. The normalized spacial score (nSPS) is 9.92. The minimum atomic E-state index is -0.506. The van der Waals surface area contributed by atoms with Gasteiger partial charge in [-0.25, -0.2) is 9.59 Å². The van der Waals surface area contributed by atoms with Crippen LogP contribution in [-0.2, 0) is 9.53 Å². The lowest BCUT2D eigenvalue weighted by Crippen LogP contribution is -2.09. The molecule has 0 aliphatic heterocycles. The van der Waals surface area contributed by atoms with Crippen molar-refractivity contribution in [1.82, 2.24) is 0 Å². The van der Waals surface area contributed by atoms with Gasteiger partial charge >= 0.3 is 11.9 Å². The zero-order chi connectivity index (χ0) is 18.1. The molecule has 0 spiro atoms. The largest absolute Gasteiger partial charge is 0.508 e. The highest BCUT2D eigenvalue weighted by Gasteiger charge is 2.09. The highest BCUT2D eigenvalue weighted by Crippen LogP contribution is 2.18. The Morgan fingerprint density at radius 1 is 0.960 bits per heavy atom. The molecule has 0 heterocycles. The van der Waals surface area contributed by atoms with Gasteiger partial charge in [-0.05, 0) is 48.5 Å². The molecule has 25 heavy (non-hydrogen) atoms. The van der Waals surface area contributed by atoms with Crippen LogP contribution in [0.15, 0.2) is 61.2 Å². The number of hydrogen-bond acceptors (Lipinski definition) is 6. The highest BCUT2D eigenvalue weighted by molar-refractivity contribution is 5.91. The summed E-state index contributed by atoms with van der Waals surface area (Å²) in [5, 5.41) is 9.20. The highest BCUT2D eigenvalue weighted by atomic mass is 16.5. The Labute approximate surface area is 145 Å². The first-order valence-electron chi connectivity index (χ1n) is 7.62. The first-order valence-corrected chi connectivity index (χ1v) is 7.62. The van der Waals surface area contributed by atoms with Gasteiger partial charge < -0.3 is 19.3 Å². The Morgan fingerprint density at radius 2 is 1.60 bits per heavy atom. The van der Waals surface area contributed by atoms with Crippen molar-refractivity contribution in [3.63, 3.8) is 0 Å². The third-order valence-electron chi connectivity index (χ3n) is 3.11. The predicted molar refractivity (Wildman–Crippen MR) is 90.8 cm³/mol. The molecule has 0 aliphatic carbocycles. The van der Waals surface area contributed by atoms with Crippen LogP contribution < -0.4 is 9.47 Å². The number of ether oxygens (including phenoxy) is 3. The molecule has 2 aromatic rings. The number of benzene rings is 2. The summed E-state index contributed by atoms with van der Waals surface area (Å²) >= 11 is 0. The lowest BCUT2D eigenvalue weighted by atomic mass is 10.2. The van der Waals surface area contributed by atoms with E-state index in [0.717, 1.165) is 6.08 Å². The molecule has 0 bridgehead atoms. The summed E-state index contributed by atoms with van der Waals surface area (Å²) in [6.07, 6.45) is 1.65. The van der Waals surface area contributed by atoms with E-state index in [2.05, 4.69) is 6.58 Å². The van der Waals surface area contributed by atoms with E-state index >= 15 is 0 Å². The monoisotopic (exact) mass is 342 g/mol. The maximum absolute atomic E-state index is 12.0. The second-order valence-electron chi connectivity index (χ2n) is 4.98. The molecule has 130 valence electrons. The van der Waals surface area contributed by atoms with E-state index in [1.54, 1.807) is 24.3 Å². The van der Waals surface area contributed by atoms with Gasteiger partial charge in [-0.15, -0.1) is 0 Å². The molecule has 0 fully saturated rings. The molecular formula is C19H18O6. The van der Waals surface area contributed by atoms with Gasteiger partial charge in [-0.2, -0.15) is 0 Å². The average Bonchev–Trinajstić information content (AvgIpc) is 2.63. The Bertz CT molecular complexity index is 719. The lowest BCUT2D eigenvalue weighted by molar-refractivity contribution is -0.137. The molecule has 0 radical (unpaired) electrons. The second-order valence-corrected chi connectivity index (χ2v) is 4.98. The van der Waals surface area contributed by atoms with E-state index in [-0.39, 0.29) is 12.4 Å². The number of aromatic hydroxyl groups is 1. The molecule has 0 saturated heterocycles. The van der Waals surface area contributed by atoms with Gasteiger partial charge in [-0.3, -0.25) is 0 Å². The fraction of sp³-hybridized carbons (Fsp3) is 0.158. The maximum atomic E-state index is 12.0. The van der Waals surface area contributed by atoms with Crippen molar-refractivity contribution in [1.29, 1.82) is 0 Å². The number of carbonyl (C=O) groups excluding carboxylic acids is 2. The maximum Gasteiger partial charge on any atom is 0.343 e. The number of esters is 2. The van der Waals surface area contributed by atoms with Crippen LogP contribution in [0.25, 0.3) is 0 Å². The van der Waals surface area contributed by atoms with Crippen LogP contribution in [0, 0.1) is 0 Å². The van der Waals surface area contributed by atoms with E-state index in [1.165, 1.54) is 24.3 Å². The Balaban J connectivity index is 1.78. The van der Waals surface area contributed by atoms with Crippen molar-refractivity contribution in [3.8, 4) is 17.2 Å². The summed E-state index contributed by atoms with van der Waals surface area (Å²) in [6, 6.07) is 12.4. The van der Waals surface area contributed by atoms with Crippen LogP contribution in [0.5, 0.6) is 17.2 Å². The zero-order valence-corrected chi connectivity index (χ0v) is 13.5. The second kappa shape index (κ2) is 9.12. The SMILES string of the molecule is C=CC(=O)OCCCOc1ccc(C(=O)Oc2ccc(O)cc2)cc1. The third-order valence-corrected chi connectivity index (χ3v) is 3.11. The topological polar surface area (TPSA) is 82.1 Å². The molecule has 0 unspecified atom stereocenters. The minimum absolute atomic E-state index is 0.0977. The predicted octanol–water partition coefficient (Wildman–Crippen LogP) is 3.11. The summed E-state index contributed by atoms with van der Waals surface area (Å²) in [5.41, 5.74) is 0.375. The number of carbonyl (C=O) groups is 2. The number of phenols is 1. The molecule has 6 heteroatoms. The van der Waals surface area contributed by atoms with Gasteiger partial charge in [0, 0.05) is 12.5 Å². The summed E-state index contributed by atoms with van der Waals surface area (Å²) in [5.74, 6) is 0.0686. The van der Waals surface area contributed by atoms with E-state index in [1.807, 2.05) is 0 Å². The van der Waals surface area contributed by atoms with Crippen molar-refractivity contribution in [3.05, 3.63) is 66.7 Å². The van der Waals surface area contributed by atoms with Crippen molar-refractivity contribution in [2.75, 3.05) is 13.2 Å². The van der Waals surface area contributed by atoms with Crippen LogP contribution in [-0.4, -0.2) is 30.3 Å². The van der Waals surface area contributed by atoms with Crippen LogP contribution in [0.2, 0.25) is 0 Å². The van der Waals surface area contributed by atoms with Crippen molar-refractivity contribution in [2.24, 2.45) is 0 Å². The van der Waals surface area contributed by atoms with Gasteiger partial charge in [0.2, 0.25) is 0 Å². The molecular weight excluding hydrogens is 324 g/mol.